The molecule has 1 unspecified atom stereocenters. The minimum absolute atomic E-state index is 0.163. The van der Waals surface area contributed by atoms with Crippen molar-refractivity contribution in [3.05, 3.63) is 30.0 Å². The molecule has 2 rings (SSSR count). The Kier molecular flexibility index (Phi) is 5.00. The number of H-pyrrole nitrogens is 1. The van der Waals surface area contributed by atoms with E-state index in [2.05, 4.69) is 14.5 Å². The molecule has 0 saturated heterocycles. The molecule has 1 heterocycles. The van der Waals surface area contributed by atoms with E-state index in [0.29, 0.717) is 12.2 Å². The first kappa shape index (κ1) is 15.8. The predicted molar refractivity (Wildman–Crippen MR) is 79.5 cm³/mol. The molecule has 1 aromatic carbocycles. The van der Waals surface area contributed by atoms with Crippen LogP contribution in [0.2, 0.25) is 0 Å². The Labute approximate surface area is 127 Å². The number of hydrogen-bond acceptors (Lipinski definition) is 6. The monoisotopic (exact) mass is 306 g/mol. The molecule has 0 saturated carbocycles. The van der Waals surface area contributed by atoms with Crippen LogP contribution in [0.1, 0.15) is 5.56 Å². The lowest BCUT2D eigenvalue weighted by Crippen LogP contribution is -2.33. The molecule has 0 aliphatic carbocycles. The van der Waals surface area contributed by atoms with Crippen molar-refractivity contribution in [3.8, 4) is 5.75 Å². The Morgan fingerprint density at radius 2 is 2.05 bits per heavy atom. The van der Waals surface area contributed by atoms with Crippen molar-refractivity contribution >= 4 is 22.8 Å². The van der Waals surface area contributed by atoms with Crippen molar-refractivity contribution in [2.45, 2.75) is 12.5 Å². The van der Waals surface area contributed by atoms with E-state index in [1.165, 1.54) is 14.2 Å². The van der Waals surface area contributed by atoms with Crippen LogP contribution in [0.4, 0.5) is 0 Å². The standard InChI is InChI=1S/C15H18N2O5/c1-20-14(18)8-22-10-3-4-13-11(6-10)9(7-17-13)5-12(16)15(19)21-2/h3-4,6-7,12,17H,5,8,16H2,1-2H3. The third kappa shape index (κ3) is 3.56. The van der Waals surface area contributed by atoms with Crippen LogP contribution in [0, 0.1) is 0 Å². The van der Waals surface area contributed by atoms with Gasteiger partial charge in [0, 0.05) is 23.5 Å². The van der Waals surface area contributed by atoms with Gasteiger partial charge in [-0.3, -0.25) is 4.79 Å². The second kappa shape index (κ2) is 6.95. The van der Waals surface area contributed by atoms with Crippen LogP contribution < -0.4 is 10.5 Å². The van der Waals surface area contributed by atoms with Gasteiger partial charge in [-0.25, -0.2) is 4.79 Å². The van der Waals surface area contributed by atoms with Gasteiger partial charge < -0.3 is 24.9 Å². The molecule has 1 atom stereocenters. The Balaban J connectivity index is 2.18. The van der Waals surface area contributed by atoms with E-state index >= 15 is 0 Å². The van der Waals surface area contributed by atoms with E-state index < -0.39 is 18.0 Å². The highest BCUT2D eigenvalue weighted by molar-refractivity contribution is 5.86. The summed E-state index contributed by atoms with van der Waals surface area (Å²) in [7, 11) is 2.60. The lowest BCUT2D eigenvalue weighted by atomic mass is 10.1. The molecule has 2 aromatic rings. The number of methoxy groups -OCH3 is 2. The van der Waals surface area contributed by atoms with E-state index in [-0.39, 0.29) is 6.61 Å². The summed E-state index contributed by atoms with van der Waals surface area (Å²) < 4.78 is 14.5. The summed E-state index contributed by atoms with van der Waals surface area (Å²) in [6.07, 6.45) is 2.13. The number of carbonyl (C=O) groups excluding carboxylic acids is 2. The van der Waals surface area contributed by atoms with Gasteiger partial charge in [0.15, 0.2) is 6.61 Å². The maximum Gasteiger partial charge on any atom is 0.343 e. The number of aromatic nitrogens is 1. The van der Waals surface area contributed by atoms with Gasteiger partial charge in [0.2, 0.25) is 0 Å². The normalized spacial score (nSPS) is 12.0. The number of ether oxygens (including phenoxy) is 3. The zero-order valence-corrected chi connectivity index (χ0v) is 12.4. The quantitative estimate of drug-likeness (QED) is 0.764. The molecule has 0 aliphatic heterocycles. The Morgan fingerprint density at radius 3 is 2.73 bits per heavy atom. The molecule has 22 heavy (non-hydrogen) atoms. The SMILES string of the molecule is COC(=O)COc1ccc2[nH]cc(CC(N)C(=O)OC)c2c1. The highest BCUT2D eigenvalue weighted by atomic mass is 16.6. The van der Waals surface area contributed by atoms with Gasteiger partial charge in [-0.15, -0.1) is 0 Å². The first-order valence-electron chi connectivity index (χ1n) is 6.68. The van der Waals surface area contributed by atoms with Crippen LogP contribution in [0.5, 0.6) is 5.75 Å². The average Bonchev–Trinajstić information content (AvgIpc) is 2.93. The van der Waals surface area contributed by atoms with E-state index in [1.807, 2.05) is 6.07 Å². The molecular weight excluding hydrogens is 288 g/mol. The third-order valence-corrected chi connectivity index (χ3v) is 3.27. The number of aromatic amines is 1. The zero-order chi connectivity index (χ0) is 16.1. The van der Waals surface area contributed by atoms with Crippen molar-refractivity contribution in [2.75, 3.05) is 20.8 Å². The Hall–Kier alpha value is -2.54. The van der Waals surface area contributed by atoms with Crippen LogP contribution in [-0.2, 0) is 25.5 Å². The van der Waals surface area contributed by atoms with Gasteiger partial charge in [0.25, 0.3) is 0 Å². The fraction of sp³-hybridized carbons (Fsp3) is 0.333. The molecule has 0 amide bonds. The molecule has 0 spiro atoms. The van der Waals surface area contributed by atoms with Crippen molar-refractivity contribution in [1.82, 2.24) is 4.98 Å². The molecule has 1 aromatic heterocycles. The Morgan fingerprint density at radius 1 is 1.27 bits per heavy atom. The topological polar surface area (TPSA) is 104 Å². The molecule has 7 heteroatoms. The molecule has 7 nitrogen and oxygen atoms in total. The smallest absolute Gasteiger partial charge is 0.343 e. The number of nitrogens with two attached hydrogens (primary N) is 1. The van der Waals surface area contributed by atoms with Gasteiger partial charge in [0.05, 0.1) is 14.2 Å². The Bertz CT molecular complexity index is 680. The van der Waals surface area contributed by atoms with Crippen LogP contribution in [0.15, 0.2) is 24.4 Å². The van der Waals surface area contributed by atoms with E-state index in [9.17, 15) is 9.59 Å². The zero-order valence-electron chi connectivity index (χ0n) is 12.4. The molecule has 0 radical (unpaired) electrons. The summed E-state index contributed by atoms with van der Waals surface area (Å²) in [6, 6.07) is 4.62. The van der Waals surface area contributed by atoms with Gasteiger partial charge in [0.1, 0.15) is 11.8 Å². The number of rotatable bonds is 6. The van der Waals surface area contributed by atoms with Gasteiger partial charge in [-0.05, 0) is 23.8 Å². The minimum Gasteiger partial charge on any atom is -0.482 e. The van der Waals surface area contributed by atoms with E-state index in [1.54, 1.807) is 18.3 Å². The number of carbonyl (C=O) groups is 2. The third-order valence-electron chi connectivity index (χ3n) is 3.27. The summed E-state index contributed by atoms with van der Waals surface area (Å²) >= 11 is 0. The fourth-order valence-corrected chi connectivity index (χ4v) is 2.09. The lowest BCUT2D eigenvalue weighted by molar-refractivity contribution is -0.143. The largest absolute Gasteiger partial charge is 0.482 e. The number of nitrogens with one attached hydrogen (secondary N) is 1. The van der Waals surface area contributed by atoms with Crippen LogP contribution in [0.3, 0.4) is 0 Å². The maximum absolute atomic E-state index is 11.4. The van der Waals surface area contributed by atoms with Crippen molar-refractivity contribution in [3.63, 3.8) is 0 Å². The summed E-state index contributed by atoms with van der Waals surface area (Å²) in [4.78, 5) is 25.6. The highest BCUT2D eigenvalue weighted by Crippen LogP contribution is 2.24. The first-order chi connectivity index (χ1) is 10.5. The van der Waals surface area contributed by atoms with E-state index in [4.69, 9.17) is 10.5 Å². The number of hydrogen-bond donors (Lipinski definition) is 2. The van der Waals surface area contributed by atoms with Crippen LogP contribution in [-0.4, -0.2) is 43.8 Å². The maximum atomic E-state index is 11.4. The number of esters is 2. The van der Waals surface area contributed by atoms with Crippen LogP contribution in [0.25, 0.3) is 10.9 Å². The summed E-state index contributed by atoms with van der Waals surface area (Å²) in [5, 5.41) is 0.877. The van der Waals surface area contributed by atoms with Gasteiger partial charge in [-0.1, -0.05) is 0 Å². The van der Waals surface area contributed by atoms with Crippen LogP contribution >= 0.6 is 0 Å². The van der Waals surface area contributed by atoms with Gasteiger partial charge in [-0.2, -0.15) is 0 Å². The first-order valence-corrected chi connectivity index (χ1v) is 6.68. The van der Waals surface area contributed by atoms with Crippen molar-refractivity contribution in [2.24, 2.45) is 5.73 Å². The summed E-state index contributed by atoms with van der Waals surface area (Å²) in [5.74, 6) is -0.389. The van der Waals surface area contributed by atoms with Crippen molar-refractivity contribution < 1.29 is 23.8 Å². The number of fused-ring (bicyclic) bond motifs is 1. The molecular formula is C15H18N2O5. The molecule has 0 aliphatic rings. The molecule has 3 N–H and O–H groups in total. The predicted octanol–water partition coefficient (Wildman–Crippen LogP) is 0.762. The molecule has 0 fully saturated rings. The lowest BCUT2D eigenvalue weighted by Gasteiger charge is -2.09. The van der Waals surface area contributed by atoms with Crippen molar-refractivity contribution in [1.29, 1.82) is 0 Å². The fourth-order valence-electron chi connectivity index (χ4n) is 2.09. The molecule has 118 valence electrons. The second-order valence-electron chi connectivity index (χ2n) is 4.72. The minimum atomic E-state index is -0.733. The van der Waals surface area contributed by atoms with E-state index in [0.717, 1.165) is 16.5 Å². The highest BCUT2D eigenvalue weighted by Gasteiger charge is 2.17. The number of benzene rings is 1. The second-order valence-corrected chi connectivity index (χ2v) is 4.72. The molecule has 0 bridgehead atoms. The average molecular weight is 306 g/mol. The van der Waals surface area contributed by atoms with Gasteiger partial charge >= 0.3 is 11.9 Å². The summed E-state index contributed by atoms with van der Waals surface area (Å²) in [5.41, 5.74) is 7.54. The summed E-state index contributed by atoms with van der Waals surface area (Å²) in [6.45, 7) is -0.163.